The number of aliphatic hydroxyl groups excluding tert-OH is 1. The van der Waals surface area contributed by atoms with Gasteiger partial charge in [0.15, 0.2) is 0 Å². The zero-order chi connectivity index (χ0) is 14.7. The van der Waals surface area contributed by atoms with Crippen molar-refractivity contribution in [3.05, 3.63) is 70.0 Å². The summed E-state index contributed by atoms with van der Waals surface area (Å²) in [5.41, 5.74) is 8.28. The lowest BCUT2D eigenvalue weighted by Crippen LogP contribution is -2.20. The monoisotopic (exact) mass is 293 g/mol. The van der Waals surface area contributed by atoms with Crippen molar-refractivity contribution in [2.75, 3.05) is 6.54 Å². The maximum atomic E-state index is 13.0. The fourth-order valence-corrected chi connectivity index (χ4v) is 2.48. The minimum atomic E-state index is -0.774. The van der Waals surface area contributed by atoms with Gasteiger partial charge in [-0.05, 0) is 47.9 Å². The molecule has 2 atom stereocenters. The average molecular weight is 294 g/mol. The van der Waals surface area contributed by atoms with Crippen molar-refractivity contribution >= 4 is 11.6 Å². The van der Waals surface area contributed by atoms with Gasteiger partial charge in [0, 0.05) is 17.5 Å². The van der Waals surface area contributed by atoms with Crippen LogP contribution in [0.5, 0.6) is 0 Å². The molecule has 0 bridgehead atoms. The van der Waals surface area contributed by atoms with Crippen LogP contribution in [-0.4, -0.2) is 11.7 Å². The van der Waals surface area contributed by atoms with E-state index in [9.17, 15) is 9.50 Å². The number of halogens is 2. The summed E-state index contributed by atoms with van der Waals surface area (Å²) >= 11 is 5.98. The van der Waals surface area contributed by atoms with Crippen LogP contribution < -0.4 is 5.73 Å². The topological polar surface area (TPSA) is 46.2 Å². The van der Waals surface area contributed by atoms with Crippen LogP contribution in [0.1, 0.15) is 28.7 Å². The van der Waals surface area contributed by atoms with E-state index in [0.29, 0.717) is 5.02 Å². The van der Waals surface area contributed by atoms with Crippen molar-refractivity contribution in [1.82, 2.24) is 0 Å². The molecule has 2 aromatic carbocycles. The van der Waals surface area contributed by atoms with Gasteiger partial charge in [0.05, 0.1) is 6.10 Å². The van der Waals surface area contributed by atoms with E-state index in [1.54, 1.807) is 24.3 Å². The Bertz CT molecular complexity index is 586. The minimum Gasteiger partial charge on any atom is -0.388 e. The first-order valence-corrected chi connectivity index (χ1v) is 6.80. The first-order valence-electron chi connectivity index (χ1n) is 6.42. The highest BCUT2D eigenvalue weighted by atomic mass is 35.5. The number of hydrogen-bond acceptors (Lipinski definition) is 2. The summed E-state index contributed by atoms with van der Waals surface area (Å²) in [4.78, 5) is 0. The van der Waals surface area contributed by atoms with Gasteiger partial charge in [0.25, 0.3) is 0 Å². The molecule has 2 nitrogen and oxygen atoms in total. The Kier molecular flexibility index (Phi) is 4.76. The second-order valence-corrected chi connectivity index (χ2v) is 5.28. The third kappa shape index (κ3) is 3.18. The molecule has 106 valence electrons. The molecular weight excluding hydrogens is 277 g/mol. The lowest BCUT2D eigenvalue weighted by atomic mass is 9.87. The van der Waals surface area contributed by atoms with Crippen molar-refractivity contribution in [3.63, 3.8) is 0 Å². The number of aryl methyl sites for hydroxylation is 1. The van der Waals surface area contributed by atoms with E-state index in [4.69, 9.17) is 17.3 Å². The Morgan fingerprint density at radius 2 is 1.85 bits per heavy atom. The number of aliphatic hydroxyl groups is 1. The largest absolute Gasteiger partial charge is 0.388 e. The maximum Gasteiger partial charge on any atom is 0.123 e. The van der Waals surface area contributed by atoms with E-state index in [2.05, 4.69) is 0 Å². The number of rotatable bonds is 4. The van der Waals surface area contributed by atoms with Crippen LogP contribution in [-0.2, 0) is 0 Å². The highest BCUT2D eigenvalue weighted by Gasteiger charge is 2.23. The molecule has 0 fully saturated rings. The van der Waals surface area contributed by atoms with Crippen molar-refractivity contribution in [2.24, 2.45) is 5.73 Å². The van der Waals surface area contributed by atoms with E-state index in [1.807, 2.05) is 13.0 Å². The van der Waals surface area contributed by atoms with Crippen LogP contribution in [0.25, 0.3) is 0 Å². The van der Waals surface area contributed by atoms with Gasteiger partial charge in [0.2, 0.25) is 0 Å². The molecule has 4 heteroatoms. The molecule has 2 rings (SSSR count). The van der Waals surface area contributed by atoms with Crippen LogP contribution >= 0.6 is 11.6 Å². The molecule has 0 saturated carbocycles. The molecule has 0 aliphatic rings. The number of nitrogens with two attached hydrogens (primary N) is 1. The fourth-order valence-electron chi connectivity index (χ4n) is 2.30. The van der Waals surface area contributed by atoms with Crippen LogP contribution in [0.2, 0.25) is 5.02 Å². The van der Waals surface area contributed by atoms with Crippen LogP contribution in [0.4, 0.5) is 4.39 Å². The van der Waals surface area contributed by atoms with E-state index in [0.717, 1.165) is 16.7 Å². The summed E-state index contributed by atoms with van der Waals surface area (Å²) < 4.78 is 13.0. The van der Waals surface area contributed by atoms with E-state index in [1.165, 1.54) is 12.1 Å². The quantitative estimate of drug-likeness (QED) is 0.905. The molecule has 2 unspecified atom stereocenters. The van der Waals surface area contributed by atoms with Gasteiger partial charge in [-0.15, -0.1) is 0 Å². The Hall–Kier alpha value is -1.42. The molecule has 0 aliphatic heterocycles. The van der Waals surface area contributed by atoms with Crippen molar-refractivity contribution in [3.8, 4) is 0 Å². The van der Waals surface area contributed by atoms with Crippen molar-refractivity contribution in [1.29, 1.82) is 0 Å². The zero-order valence-electron chi connectivity index (χ0n) is 11.2. The van der Waals surface area contributed by atoms with Gasteiger partial charge in [-0.1, -0.05) is 29.8 Å². The second-order valence-electron chi connectivity index (χ2n) is 4.84. The smallest absolute Gasteiger partial charge is 0.123 e. The third-order valence-corrected chi connectivity index (χ3v) is 3.73. The summed E-state index contributed by atoms with van der Waals surface area (Å²) in [5, 5.41) is 11.1. The third-order valence-electron chi connectivity index (χ3n) is 3.49. The Balaban J connectivity index is 2.35. The molecule has 0 saturated heterocycles. The zero-order valence-corrected chi connectivity index (χ0v) is 11.9. The lowest BCUT2D eigenvalue weighted by molar-refractivity contribution is 0.146. The van der Waals surface area contributed by atoms with Gasteiger partial charge in [0.1, 0.15) is 5.82 Å². The van der Waals surface area contributed by atoms with Gasteiger partial charge >= 0.3 is 0 Å². The first kappa shape index (κ1) is 15.0. The molecular formula is C16H17ClFNO. The molecule has 0 aromatic heterocycles. The predicted molar refractivity (Wildman–Crippen MR) is 79.3 cm³/mol. The number of hydrogen-bond donors (Lipinski definition) is 2. The summed E-state index contributed by atoms with van der Waals surface area (Å²) in [6.45, 7) is 2.17. The average Bonchev–Trinajstić information content (AvgIpc) is 2.44. The first-order chi connectivity index (χ1) is 9.52. The van der Waals surface area contributed by atoms with Crippen LogP contribution in [0, 0.1) is 12.7 Å². The molecule has 20 heavy (non-hydrogen) atoms. The normalized spacial score (nSPS) is 14.1. The maximum absolute atomic E-state index is 13.0. The second kappa shape index (κ2) is 6.35. The SMILES string of the molecule is Cc1ccc(Cl)cc1C(O)C(CN)c1ccc(F)cc1. The van der Waals surface area contributed by atoms with Gasteiger partial charge in [-0.2, -0.15) is 0 Å². The van der Waals surface area contributed by atoms with Crippen molar-refractivity contribution < 1.29 is 9.50 Å². The predicted octanol–water partition coefficient (Wildman–Crippen LogP) is 3.56. The molecule has 0 aliphatic carbocycles. The van der Waals surface area contributed by atoms with Gasteiger partial charge in [-0.3, -0.25) is 0 Å². The Labute approximate surface area is 123 Å². The van der Waals surface area contributed by atoms with Crippen molar-refractivity contribution in [2.45, 2.75) is 18.9 Å². The summed E-state index contributed by atoms with van der Waals surface area (Å²) in [5.74, 6) is -0.606. The summed E-state index contributed by atoms with van der Waals surface area (Å²) in [6.07, 6.45) is -0.774. The van der Waals surface area contributed by atoms with E-state index in [-0.39, 0.29) is 18.3 Å². The molecule has 0 amide bonds. The standard InChI is InChI=1S/C16H17ClFNO/c1-10-2-5-12(17)8-14(10)16(20)15(9-19)11-3-6-13(18)7-4-11/h2-8,15-16,20H,9,19H2,1H3. The van der Waals surface area contributed by atoms with Crippen LogP contribution in [0.3, 0.4) is 0 Å². The molecule has 0 spiro atoms. The molecule has 2 aromatic rings. The molecule has 0 radical (unpaired) electrons. The van der Waals surface area contributed by atoms with E-state index < -0.39 is 6.10 Å². The minimum absolute atomic E-state index is 0.263. The van der Waals surface area contributed by atoms with Crippen LogP contribution in [0.15, 0.2) is 42.5 Å². The summed E-state index contributed by atoms with van der Waals surface area (Å²) in [7, 11) is 0. The molecule has 0 heterocycles. The summed E-state index contributed by atoms with van der Waals surface area (Å²) in [6, 6.07) is 11.4. The Morgan fingerprint density at radius 3 is 2.45 bits per heavy atom. The Morgan fingerprint density at radius 1 is 1.20 bits per heavy atom. The van der Waals surface area contributed by atoms with Gasteiger partial charge < -0.3 is 10.8 Å². The molecule has 3 N–H and O–H groups in total. The fraction of sp³-hybridized carbons (Fsp3) is 0.250. The lowest BCUT2D eigenvalue weighted by Gasteiger charge is -2.24. The number of benzene rings is 2. The highest BCUT2D eigenvalue weighted by Crippen LogP contribution is 2.33. The van der Waals surface area contributed by atoms with E-state index >= 15 is 0 Å². The highest BCUT2D eigenvalue weighted by molar-refractivity contribution is 6.30. The van der Waals surface area contributed by atoms with Gasteiger partial charge in [-0.25, -0.2) is 4.39 Å².